The number of nitrogens with two attached hydrogens (primary N) is 1. The molecular weight excluding hydrogens is 441 g/mol. The van der Waals surface area contributed by atoms with Gasteiger partial charge in [-0.2, -0.15) is 0 Å². The zero-order valence-electron chi connectivity index (χ0n) is 16.1. The van der Waals surface area contributed by atoms with Gasteiger partial charge in [0.25, 0.3) is 0 Å². The first kappa shape index (κ1) is 23.0. The fourth-order valence-corrected chi connectivity index (χ4v) is 3.10. The number of para-hydroxylation sites is 1. The quantitative estimate of drug-likeness (QED) is 0.248. The third-order valence-corrected chi connectivity index (χ3v) is 4.47. The van der Waals surface area contributed by atoms with Gasteiger partial charge in [0.15, 0.2) is 5.96 Å². The Morgan fingerprint density at radius 1 is 1.19 bits per heavy atom. The molecule has 148 valence electrons. The van der Waals surface area contributed by atoms with Crippen LogP contribution in [-0.2, 0) is 4.74 Å². The second-order valence-electron chi connectivity index (χ2n) is 6.64. The molecule has 0 amide bonds. The van der Waals surface area contributed by atoms with Gasteiger partial charge in [-0.15, -0.1) is 24.0 Å². The van der Waals surface area contributed by atoms with Crippen molar-refractivity contribution >= 4 is 35.6 Å². The van der Waals surface area contributed by atoms with Crippen LogP contribution in [-0.4, -0.2) is 69.9 Å². The fourth-order valence-electron chi connectivity index (χ4n) is 3.10. The maximum absolute atomic E-state index is 5.87. The highest BCUT2D eigenvalue weighted by Crippen LogP contribution is 2.15. The molecule has 0 bridgehead atoms. The number of unbranched alkanes of at least 4 members (excludes halogenated alkanes) is 1. The lowest BCUT2D eigenvalue weighted by molar-refractivity contribution is 0.179. The molecule has 0 spiro atoms. The van der Waals surface area contributed by atoms with Gasteiger partial charge in [-0.25, -0.2) is 0 Å². The summed E-state index contributed by atoms with van der Waals surface area (Å²) >= 11 is 0. The number of halogens is 1. The van der Waals surface area contributed by atoms with Gasteiger partial charge in [-0.3, -0.25) is 9.89 Å². The van der Waals surface area contributed by atoms with Gasteiger partial charge in [0.1, 0.15) is 0 Å². The van der Waals surface area contributed by atoms with Crippen LogP contribution in [0.2, 0.25) is 0 Å². The molecule has 1 heterocycles. The Labute approximate surface area is 175 Å². The first-order valence-corrected chi connectivity index (χ1v) is 9.27. The Kier molecular flexibility index (Phi) is 11.6. The molecule has 1 aliphatic heterocycles. The maximum Gasteiger partial charge on any atom is 0.188 e. The van der Waals surface area contributed by atoms with Gasteiger partial charge in [0.05, 0.1) is 6.61 Å². The number of piperazine rings is 1. The molecule has 1 aliphatic rings. The number of anilines is 1. The lowest BCUT2D eigenvalue weighted by Gasteiger charge is -2.36. The van der Waals surface area contributed by atoms with Crippen molar-refractivity contribution in [2.24, 2.45) is 10.7 Å². The van der Waals surface area contributed by atoms with Crippen molar-refractivity contribution in [3.05, 3.63) is 30.3 Å². The van der Waals surface area contributed by atoms with Crippen molar-refractivity contribution in [2.75, 3.05) is 57.9 Å². The monoisotopic (exact) mass is 475 g/mol. The largest absolute Gasteiger partial charge is 0.383 e. The minimum absolute atomic E-state index is 0. The number of hydrogen-bond acceptors (Lipinski definition) is 4. The summed E-state index contributed by atoms with van der Waals surface area (Å²) in [7, 11) is 1.69. The average molecular weight is 475 g/mol. The van der Waals surface area contributed by atoms with Gasteiger partial charge < -0.3 is 20.7 Å². The normalized spacial score (nSPS) is 16.8. The lowest BCUT2D eigenvalue weighted by Crippen LogP contribution is -2.46. The molecule has 3 N–H and O–H groups in total. The third kappa shape index (κ3) is 8.55. The Morgan fingerprint density at radius 3 is 2.54 bits per heavy atom. The van der Waals surface area contributed by atoms with Crippen LogP contribution in [0.1, 0.15) is 19.8 Å². The van der Waals surface area contributed by atoms with E-state index < -0.39 is 0 Å². The van der Waals surface area contributed by atoms with Crippen molar-refractivity contribution in [3.63, 3.8) is 0 Å². The fraction of sp³-hybridized carbons (Fsp3) is 0.632. The summed E-state index contributed by atoms with van der Waals surface area (Å²) in [6, 6.07) is 10.9. The molecule has 7 heteroatoms. The first-order chi connectivity index (χ1) is 12.2. The van der Waals surface area contributed by atoms with E-state index in [1.54, 1.807) is 7.11 Å². The number of methoxy groups -OCH3 is 1. The van der Waals surface area contributed by atoms with Crippen LogP contribution < -0.4 is 16.0 Å². The molecule has 0 radical (unpaired) electrons. The van der Waals surface area contributed by atoms with Crippen molar-refractivity contribution in [3.8, 4) is 0 Å². The van der Waals surface area contributed by atoms with Gasteiger partial charge in [0.2, 0.25) is 0 Å². The van der Waals surface area contributed by atoms with Crippen LogP contribution >= 0.6 is 24.0 Å². The zero-order chi connectivity index (χ0) is 17.9. The first-order valence-electron chi connectivity index (χ1n) is 9.27. The highest BCUT2D eigenvalue weighted by molar-refractivity contribution is 14.0. The highest BCUT2D eigenvalue weighted by Gasteiger charge is 2.16. The van der Waals surface area contributed by atoms with Crippen LogP contribution in [0.25, 0.3) is 0 Å². The predicted molar refractivity (Wildman–Crippen MR) is 121 cm³/mol. The Hall–Kier alpha value is -1.06. The summed E-state index contributed by atoms with van der Waals surface area (Å²) in [6.07, 6.45) is 2.23. The second kappa shape index (κ2) is 13.2. The van der Waals surface area contributed by atoms with Gasteiger partial charge in [0, 0.05) is 51.6 Å². The number of nitrogens with zero attached hydrogens (tertiary/aromatic N) is 3. The number of guanidine groups is 1. The molecule has 1 aromatic rings. The molecule has 0 aliphatic carbocycles. The van der Waals surface area contributed by atoms with Crippen LogP contribution in [0.3, 0.4) is 0 Å². The number of nitrogens with one attached hydrogen (secondary N) is 1. The van der Waals surface area contributed by atoms with Crippen LogP contribution in [0.5, 0.6) is 0 Å². The van der Waals surface area contributed by atoms with Crippen molar-refractivity contribution in [2.45, 2.75) is 25.8 Å². The summed E-state index contributed by atoms with van der Waals surface area (Å²) in [5.41, 5.74) is 7.20. The number of hydrogen-bond donors (Lipinski definition) is 2. The molecule has 6 nitrogen and oxygen atoms in total. The number of ether oxygens (including phenoxy) is 1. The predicted octanol–water partition coefficient (Wildman–Crippen LogP) is 2.15. The van der Waals surface area contributed by atoms with E-state index >= 15 is 0 Å². The standard InChI is InChI=1S/C19H33N5O.HI/c1-17(16-25-2)22-19(20)21-10-6-7-11-23-12-14-24(15-13-23)18-8-4-3-5-9-18;/h3-5,8-9,17H,6-7,10-16H2,1-2H3,(H3,20,21,22);1H. The van der Waals surface area contributed by atoms with E-state index in [-0.39, 0.29) is 30.0 Å². The van der Waals surface area contributed by atoms with Crippen LogP contribution in [0, 0.1) is 0 Å². The highest BCUT2D eigenvalue weighted by atomic mass is 127. The number of aliphatic imine (C=N–C) groups is 1. The minimum atomic E-state index is 0. The van der Waals surface area contributed by atoms with Crippen molar-refractivity contribution in [1.82, 2.24) is 10.2 Å². The van der Waals surface area contributed by atoms with E-state index in [4.69, 9.17) is 10.5 Å². The number of benzene rings is 1. The molecule has 1 fully saturated rings. The number of rotatable bonds is 9. The van der Waals surface area contributed by atoms with Crippen LogP contribution in [0.15, 0.2) is 35.3 Å². The van der Waals surface area contributed by atoms with E-state index in [9.17, 15) is 0 Å². The summed E-state index contributed by atoms with van der Waals surface area (Å²) in [6.45, 7) is 9.07. The summed E-state index contributed by atoms with van der Waals surface area (Å²) in [5.74, 6) is 0.515. The van der Waals surface area contributed by atoms with Gasteiger partial charge in [-0.1, -0.05) is 18.2 Å². The summed E-state index contributed by atoms with van der Waals surface area (Å²) in [5, 5.41) is 3.13. The Morgan fingerprint density at radius 2 is 1.88 bits per heavy atom. The summed E-state index contributed by atoms with van der Waals surface area (Å²) < 4.78 is 5.07. The molecule has 0 aromatic heterocycles. The molecule has 2 rings (SSSR count). The molecule has 0 saturated carbocycles. The lowest BCUT2D eigenvalue weighted by atomic mass is 10.2. The smallest absolute Gasteiger partial charge is 0.188 e. The van der Waals surface area contributed by atoms with E-state index in [1.165, 1.54) is 5.69 Å². The average Bonchev–Trinajstić information content (AvgIpc) is 2.63. The van der Waals surface area contributed by atoms with Gasteiger partial charge >= 0.3 is 0 Å². The van der Waals surface area contributed by atoms with E-state index in [1.807, 2.05) is 6.92 Å². The van der Waals surface area contributed by atoms with Gasteiger partial charge in [-0.05, 0) is 38.4 Å². The second-order valence-corrected chi connectivity index (χ2v) is 6.64. The van der Waals surface area contributed by atoms with E-state index in [0.29, 0.717) is 12.6 Å². The maximum atomic E-state index is 5.87. The summed E-state index contributed by atoms with van der Waals surface area (Å²) in [4.78, 5) is 9.40. The zero-order valence-corrected chi connectivity index (χ0v) is 18.4. The molecule has 1 atom stereocenters. The molecule has 1 unspecified atom stereocenters. The Bertz CT molecular complexity index is 506. The van der Waals surface area contributed by atoms with Crippen molar-refractivity contribution < 1.29 is 4.74 Å². The van der Waals surface area contributed by atoms with E-state index in [0.717, 1.165) is 52.1 Å². The van der Waals surface area contributed by atoms with E-state index in [2.05, 4.69) is 50.4 Å². The third-order valence-electron chi connectivity index (χ3n) is 4.47. The molecular formula is C19H34IN5O. The SMILES string of the molecule is COCC(C)NC(N)=NCCCCN1CCN(c2ccccc2)CC1.I. The van der Waals surface area contributed by atoms with Crippen LogP contribution in [0.4, 0.5) is 5.69 Å². The molecule has 26 heavy (non-hydrogen) atoms. The minimum Gasteiger partial charge on any atom is -0.383 e. The molecule has 1 aromatic carbocycles. The topological polar surface area (TPSA) is 66.1 Å². The molecule has 1 saturated heterocycles. The van der Waals surface area contributed by atoms with Crippen molar-refractivity contribution in [1.29, 1.82) is 0 Å². The Balaban J connectivity index is 0.00000338.